The molecule has 0 aliphatic carbocycles. The zero-order chi connectivity index (χ0) is 15.9. The predicted molar refractivity (Wildman–Crippen MR) is 92.6 cm³/mol. The van der Waals surface area contributed by atoms with E-state index in [9.17, 15) is 4.79 Å². The van der Waals surface area contributed by atoms with Crippen molar-refractivity contribution in [2.45, 2.75) is 6.54 Å². The molecule has 4 heteroatoms. The molecule has 0 bridgehead atoms. The lowest BCUT2D eigenvalue weighted by Gasteiger charge is -2.16. The van der Waals surface area contributed by atoms with Gasteiger partial charge in [0.05, 0.1) is 7.11 Å². The van der Waals surface area contributed by atoms with E-state index in [0.29, 0.717) is 6.54 Å². The Morgan fingerprint density at radius 1 is 1.23 bits per heavy atom. The lowest BCUT2D eigenvalue weighted by Crippen LogP contribution is -2.24. The Balaban J connectivity index is 2.01. The van der Waals surface area contributed by atoms with Gasteiger partial charge in [-0.2, -0.15) is 0 Å². The van der Waals surface area contributed by atoms with Crippen LogP contribution in [0.3, 0.4) is 0 Å². The minimum atomic E-state index is -0.0430. The quantitative estimate of drug-likeness (QED) is 0.751. The van der Waals surface area contributed by atoms with Gasteiger partial charge < -0.3 is 9.64 Å². The Morgan fingerprint density at radius 3 is 2.73 bits per heavy atom. The van der Waals surface area contributed by atoms with Crippen LogP contribution >= 0.6 is 15.9 Å². The molecule has 0 saturated heterocycles. The van der Waals surface area contributed by atoms with Crippen LogP contribution in [0, 0.1) is 0 Å². The number of carbonyl (C=O) groups is 1. The minimum absolute atomic E-state index is 0.0430. The zero-order valence-corrected chi connectivity index (χ0v) is 14.2. The molecule has 0 unspecified atom stereocenters. The van der Waals surface area contributed by atoms with E-state index in [1.165, 1.54) is 0 Å². The van der Waals surface area contributed by atoms with Gasteiger partial charge in [0.2, 0.25) is 5.91 Å². The Labute approximate surface area is 139 Å². The standard InChI is InChI=1S/C18H18BrNO2/c1-20(13-15-7-3-4-9-17(15)19)18(21)11-10-14-6-5-8-16(12-14)22-2/h3-12H,13H2,1-2H3/b11-10+. The molecule has 0 spiro atoms. The molecule has 2 rings (SSSR count). The van der Waals surface area contributed by atoms with Crippen LogP contribution in [0.5, 0.6) is 5.75 Å². The van der Waals surface area contributed by atoms with Crippen LogP contribution in [0.15, 0.2) is 59.1 Å². The van der Waals surface area contributed by atoms with E-state index in [-0.39, 0.29) is 5.91 Å². The molecule has 114 valence electrons. The maximum absolute atomic E-state index is 12.2. The molecule has 0 aliphatic heterocycles. The first-order valence-corrected chi connectivity index (χ1v) is 7.70. The summed E-state index contributed by atoms with van der Waals surface area (Å²) < 4.78 is 6.17. The van der Waals surface area contributed by atoms with Crippen molar-refractivity contribution < 1.29 is 9.53 Å². The molecule has 22 heavy (non-hydrogen) atoms. The van der Waals surface area contributed by atoms with Crippen LogP contribution in [0.25, 0.3) is 6.08 Å². The molecule has 0 fully saturated rings. The summed E-state index contributed by atoms with van der Waals surface area (Å²) in [5, 5.41) is 0. The van der Waals surface area contributed by atoms with Gasteiger partial charge in [-0.05, 0) is 35.4 Å². The van der Waals surface area contributed by atoms with Crippen molar-refractivity contribution in [2.75, 3.05) is 14.2 Å². The summed E-state index contributed by atoms with van der Waals surface area (Å²) in [4.78, 5) is 13.9. The fourth-order valence-electron chi connectivity index (χ4n) is 2.00. The number of carbonyl (C=O) groups excluding carboxylic acids is 1. The van der Waals surface area contributed by atoms with Gasteiger partial charge in [-0.3, -0.25) is 4.79 Å². The molecule has 2 aromatic carbocycles. The molecular weight excluding hydrogens is 342 g/mol. The highest BCUT2D eigenvalue weighted by molar-refractivity contribution is 9.10. The molecule has 0 radical (unpaired) electrons. The largest absolute Gasteiger partial charge is 0.497 e. The van der Waals surface area contributed by atoms with E-state index in [4.69, 9.17) is 4.74 Å². The third kappa shape index (κ3) is 4.46. The van der Waals surface area contributed by atoms with E-state index < -0.39 is 0 Å². The minimum Gasteiger partial charge on any atom is -0.497 e. The second kappa shape index (κ2) is 7.80. The maximum atomic E-state index is 12.2. The van der Waals surface area contributed by atoms with Crippen LogP contribution < -0.4 is 4.74 Å². The van der Waals surface area contributed by atoms with Gasteiger partial charge in [0.1, 0.15) is 5.75 Å². The van der Waals surface area contributed by atoms with E-state index in [2.05, 4.69) is 15.9 Å². The number of likely N-dealkylation sites (N-methyl/N-ethyl adjacent to an activating group) is 1. The van der Waals surface area contributed by atoms with Crippen molar-refractivity contribution >= 4 is 27.9 Å². The van der Waals surface area contributed by atoms with Gasteiger partial charge in [-0.15, -0.1) is 0 Å². The van der Waals surface area contributed by atoms with Crippen LogP contribution in [0.2, 0.25) is 0 Å². The molecule has 2 aromatic rings. The first-order valence-electron chi connectivity index (χ1n) is 6.91. The monoisotopic (exact) mass is 359 g/mol. The van der Waals surface area contributed by atoms with Gasteiger partial charge in [-0.1, -0.05) is 46.3 Å². The maximum Gasteiger partial charge on any atom is 0.246 e. The lowest BCUT2D eigenvalue weighted by molar-refractivity contribution is -0.125. The summed E-state index contributed by atoms with van der Waals surface area (Å²) in [6.07, 6.45) is 3.37. The number of hydrogen-bond acceptors (Lipinski definition) is 2. The van der Waals surface area contributed by atoms with Crippen LogP contribution in [0.4, 0.5) is 0 Å². The molecule has 0 saturated carbocycles. The van der Waals surface area contributed by atoms with E-state index in [1.54, 1.807) is 31.2 Å². The Kier molecular flexibility index (Phi) is 5.78. The van der Waals surface area contributed by atoms with E-state index in [0.717, 1.165) is 21.3 Å². The number of hydrogen-bond donors (Lipinski definition) is 0. The smallest absolute Gasteiger partial charge is 0.246 e. The summed E-state index contributed by atoms with van der Waals surface area (Å²) in [5.74, 6) is 0.731. The van der Waals surface area contributed by atoms with Crippen LogP contribution in [-0.4, -0.2) is 25.0 Å². The summed E-state index contributed by atoms with van der Waals surface area (Å²) in [6.45, 7) is 0.558. The first kappa shape index (κ1) is 16.3. The highest BCUT2D eigenvalue weighted by atomic mass is 79.9. The SMILES string of the molecule is COc1cccc(/C=C/C(=O)N(C)Cc2ccccc2Br)c1. The van der Waals surface area contributed by atoms with Crippen molar-refractivity contribution in [3.63, 3.8) is 0 Å². The molecule has 1 amide bonds. The van der Waals surface area contributed by atoms with E-state index in [1.807, 2.05) is 48.5 Å². The highest BCUT2D eigenvalue weighted by Gasteiger charge is 2.07. The Morgan fingerprint density at radius 2 is 2.00 bits per heavy atom. The van der Waals surface area contributed by atoms with Gasteiger partial charge in [0.15, 0.2) is 0 Å². The van der Waals surface area contributed by atoms with Gasteiger partial charge in [0.25, 0.3) is 0 Å². The number of halogens is 1. The van der Waals surface area contributed by atoms with E-state index >= 15 is 0 Å². The summed E-state index contributed by atoms with van der Waals surface area (Å²) in [5.41, 5.74) is 2.01. The molecule has 0 aromatic heterocycles. The summed E-state index contributed by atoms with van der Waals surface area (Å²) in [6, 6.07) is 15.5. The molecule has 0 N–H and O–H groups in total. The third-order valence-electron chi connectivity index (χ3n) is 3.25. The molecule has 0 atom stereocenters. The van der Waals surface area contributed by atoms with Gasteiger partial charge >= 0.3 is 0 Å². The molecule has 3 nitrogen and oxygen atoms in total. The first-order chi connectivity index (χ1) is 10.6. The predicted octanol–water partition coefficient (Wildman–Crippen LogP) is 4.13. The Hall–Kier alpha value is -2.07. The van der Waals surface area contributed by atoms with Crippen molar-refractivity contribution in [2.24, 2.45) is 0 Å². The molecular formula is C18H18BrNO2. The van der Waals surface area contributed by atoms with Crippen molar-refractivity contribution in [1.29, 1.82) is 0 Å². The number of amides is 1. The number of nitrogens with zero attached hydrogens (tertiary/aromatic N) is 1. The second-order valence-electron chi connectivity index (χ2n) is 4.90. The lowest BCUT2D eigenvalue weighted by atomic mass is 10.2. The van der Waals surface area contributed by atoms with Crippen molar-refractivity contribution in [1.82, 2.24) is 4.90 Å². The fourth-order valence-corrected chi connectivity index (χ4v) is 2.41. The number of ether oxygens (including phenoxy) is 1. The fraction of sp³-hybridized carbons (Fsp3) is 0.167. The number of benzene rings is 2. The van der Waals surface area contributed by atoms with Crippen LogP contribution in [0.1, 0.15) is 11.1 Å². The summed E-state index contributed by atoms with van der Waals surface area (Å²) >= 11 is 3.50. The third-order valence-corrected chi connectivity index (χ3v) is 4.03. The van der Waals surface area contributed by atoms with Crippen molar-refractivity contribution in [3.05, 3.63) is 70.2 Å². The topological polar surface area (TPSA) is 29.5 Å². The van der Waals surface area contributed by atoms with Crippen molar-refractivity contribution in [3.8, 4) is 5.75 Å². The highest BCUT2D eigenvalue weighted by Crippen LogP contribution is 2.18. The van der Waals surface area contributed by atoms with Crippen LogP contribution in [-0.2, 0) is 11.3 Å². The van der Waals surface area contributed by atoms with Gasteiger partial charge in [0, 0.05) is 24.1 Å². The average molecular weight is 360 g/mol. The normalized spacial score (nSPS) is 10.7. The number of rotatable bonds is 5. The average Bonchev–Trinajstić information content (AvgIpc) is 2.54. The molecule has 0 aliphatic rings. The molecule has 0 heterocycles. The van der Waals surface area contributed by atoms with Gasteiger partial charge in [-0.25, -0.2) is 0 Å². The number of methoxy groups -OCH3 is 1. The zero-order valence-electron chi connectivity index (χ0n) is 12.6. The summed E-state index contributed by atoms with van der Waals surface area (Å²) in [7, 11) is 3.41. The second-order valence-corrected chi connectivity index (χ2v) is 5.75. The Bertz CT molecular complexity index is 682.